The highest BCUT2D eigenvalue weighted by Crippen LogP contribution is 2.30. The molecule has 4 rings (SSSR count). The predicted octanol–water partition coefficient (Wildman–Crippen LogP) is 5.09. The van der Waals surface area contributed by atoms with Crippen molar-refractivity contribution in [2.75, 3.05) is 23.3 Å². The van der Waals surface area contributed by atoms with Gasteiger partial charge in [0.05, 0.1) is 5.69 Å². The Balaban J connectivity index is 1.34. The van der Waals surface area contributed by atoms with Gasteiger partial charge in [-0.1, -0.05) is 42.5 Å². The first-order chi connectivity index (χ1) is 15.9. The van der Waals surface area contributed by atoms with Gasteiger partial charge in [0.2, 0.25) is 0 Å². The second-order valence-corrected chi connectivity index (χ2v) is 7.90. The lowest BCUT2D eigenvalue weighted by Crippen LogP contribution is -2.35. The van der Waals surface area contributed by atoms with Gasteiger partial charge < -0.3 is 15.0 Å². The largest absolute Gasteiger partial charge is 0.573 e. The lowest BCUT2D eigenvalue weighted by molar-refractivity contribution is -0.274. The predicted molar refractivity (Wildman–Crippen MR) is 118 cm³/mol. The summed E-state index contributed by atoms with van der Waals surface area (Å²) in [6.07, 6.45) is -1.74. The molecular weight excluding hydrogens is 433 g/mol. The minimum absolute atomic E-state index is 0.000440. The Morgan fingerprint density at radius 2 is 1.67 bits per heavy atom. The molecule has 9 heteroatoms. The minimum Gasteiger partial charge on any atom is -0.404 e. The molecule has 1 amide bonds. The Morgan fingerprint density at radius 1 is 0.970 bits per heavy atom. The van der Waals surface area contributed by atoms with Crippen LogP contribution in [0, 0.1) is 5.92 Å². The van der Waals surface area contributed by atoms with Crippen LogP contribution in [0.4, 0.5) is 24.7 Å². The van der Waals surface area contributed by atoms with Crippen molar-refractivity contribution in [1.82, 2.24) is 10.2 Å². The molecule has 0 bridgehead atoms. The molecule has 0 unspecified atom stereocenters. The zero-order valence-electron chi connectivity index (χ0n) is 17.8. The van der Waals surface area contributed by atoms with Gasteiger partial charge >= 0.3 is 6.36 Å². The summed E-state index contributed by atoms with van der Waals surface area (Å²) in [4.78, 5) is 14.6. The highest BCUT2D eigenvalue weighted by Gasteiger charge is 2.32. The van der Waals surface area contributed by atoms with Crippen LogP contribution < -0.4 is 15.0 Å². The van der Waals surface area contributed by atoms with Crippen molar-refractivity contribution in [2.24, 2.45) is 5.92 Å². The fourth-order valence-corrected chi connectivity index (χ4v) is 3.90. The molecule has 172 valence electrons. The fourth-order valence-electron chi connectivity index (χ4n) is 3.90. The van der Waals surface area contributed by atoms with Gasteiger partial charge in [0.25, 0.3) is 5.91 Å². The van der Waals surface area contributed by atoms with Gasteiger partial charge in [0.15, 0.2) is 17.3 Å². The first-order valence-corrected chi connectivity index (χ1v) is 10.7. The quantitative estimate of drug-likeness (QED) is 0.560. The molecule has 0 spiro atoms. The summed E-state index contributed by atoms with van der Waals surface area (Å²) in [5, 5.41) is 10.5. The number of piperidine rings is 1. The molecule has 2 heterocycles. The Morgan fingerprint density at radius 3 is 2.33 bits per heavy atom. The monoisotopic (exact) mass is 456 g/mol. The third kappa shape index (κ3) is 6.21. The van der Waals surface area contributed by atoms with Crippen LogP contribution in [-0.2, 0) is 6.42 Å². The maximum atomic E-state index is 12.6. The average Bonchev–Trinajstić information content (AvgIpc) is 2.81. The lowest BCUT2D eigenvalue weighted by Gasteiger charge is -2.32. The van der Waals surface area contributed by atoms with E-state index < -0.39 is 18.0 Å². The molecular formula is C24H23F3N4O2. The number of alkyl halides is 3. The van der Waals surface area contributed by atoms with E-state index in [9.17, 15) is 18.0 Å². The van der Waals surface area contributed by atoms with Crippen LogP contribution in [-0.4, -0.2) is 35.6 Å². The highest BCUT2D eigenvalue weighted by atomic mass is 19.4. The van der Waals surface area contributed by atoms with Crippen molar-refractivity contribution >= 4 is 17.4 Å². The van der Waals surface area contributed by atoms with Gasteiger partial charge in [0, 0.05) is 13.1 Å². The molecule has 0 saturated carbocycles. The van der Waals surface area contributed by atoms with Crippen molar-refractivity contribution < 1.29 is 22.7 Å². The van der Waals surface area contributed by atoms with Crippen LogP contribution in [0.25, 0.3) is 0 Å². The topological polar surface area (TPSA) is 67.3 Å². The molecule has 1 fully saturated rings. The Labute approximate surface area is 189 Å². The Hall–Kier alpha value is -3.62. The van der Waals surface area contributed by atoms with Gasteiger partial charge in [-0.2, -0.15) is 0 Å². The van der Waals surface area contributed by atoms with E-state index in [2.05, 4.69) is 49.4 Å². The number of aromatic nitrogens is 2. The molecule has 0 aliphatic carbocycles. The number of ether oxygens (including phenoxy) is 1. The normalized spacial score (nSPS) is 14.7. The molecule has 1 saturated heterocycles. The molecule has 1 N–H and O–H groups in total. The molecule has 6 nitrogen and oxygen atoms in total. The zero-order valence-corrected chi connectivity index (χ0v) is 17.8. The number of hydrogen-bond donors (Lipinski definition) is 1. The van der Waals surface area contributed by atoms with Crippen molar-refractivity contribution in [1.29, 1.82) is 0 Å². The second-order valence-electron chi connectivity index (χ2n) is 7.90. The third-order valence-electron chi connectivity index (χ3n) is 5.55. The van der Waals surface area contributed by atoms with E-state index >= 15 is 0 Å². The van der Waals surface area contributed by atoms with E-state index in [-0.39, 0.29) is 11.4 Å². The van der Waals surface area contributed by atoms with Gasteiger partial charge in [-0.05, 0) is 55.0 Å². The molecule has 1 aliphatic rings. The summed E-state index contributed by atoms with van der Waals surface area (Å²) in [7, 11) is 0. The molecule has 1 aromatic heterocycles. The maximum Gasteiger partial charge on any atom is 0.573 e. The summed E-state index contributed by atoms with van der Waals surface area (Å²) in [6, 6.07) is 19.0. The van der Waals surface area contributed by atoms with E-state index in [0.29, 0.717) is 11.7 Å². The molecule has 3 aromatic rings. The number of hydrogen-bond acceptors (Lipinski definition) is 5. The lowest BCUT2D eigenvalue weighted by atomic mass is 9.90. The molecule has 2 aromatic carbocycles. The van der Waals surface area contributed by atoms with E-state index in [4.69, 9.17) is 0 Å². The summed E-state index contributed by atoms with van der Waals surface area (Å²) in [5.41, 5.74) is 1.24. The average molecular weight is 456 g/mol. The number of nitrogens with one attached hydrogen (secondary N) is 1. The number of para-hydroxylation sites is 2. The maximum absolute atomic E-state index is 12.6. The van der Waals surface area contributed by atoms with Gasteiger partial charge in [-0.15, -0.1) is 23.4 Å². The number of carbonyl (C=O) groups excluding carboxylic acids is 1. The van der Waals surface area contributed by atoms with Gasteiger partial charge in [0.1, 0.15) is 0 Å². The fraction of sp³-hybridized carbons (Fsp3) is 0.292. The van der Waals surface area contributed by atoms with E-state index in [1.165, 1.54) is 29.8 Å². The van der Waals surface area contributed by atoms with E-state index in [1.54, 1.807) is 6.07 Å². The summed E-state index contributed by atoms with van der Waals surface area (Å²) in [5.74, 6) is 0.112. The number of amides is 1. The third-order valence-corrected chi connectivity index (χ3v) is 5.55. The van der Waals surface area contributed by atoms with Gasteiger partial charge in [-0.3, -0.25) is 4.79 Å². The first kappa shape index (κ1) is 22.6. The molecule has 0 radical (unpaired) electrons. The van der Waals surface area contributed by atoms with Crippen molar-refractivity contribution in [3.63, 3.8) is 0 Å². The van der Waals surface area contributed by atoms with Crippen LogP contribution in [0.1, 0.15) is 28.9 Å². The van der Waals surface area contributed by atoms with Crippen molar-refractivity contribution in [3.05, 3.63) is 78.0 Å². The molecule has 0 atom stereocenters. The van der Waals surface area contributed by atoms with E-state index in [1.807, 2.05) is 6.07 Å². The van der Waals surface area contributed by atoms with Crippen molar-refractivity contribution in [2.45, 2.75) is 25.6 Å². The van der Waals surface area contributed by atoms with Crippen LogP contribution in [0.2, 0.25) is 0 Å². The summed E-state index contributed by atoms with van der Waals surface area (Å²) >= 11 is 0. The standard InChI is InChI=1S/C24H23F3N4O2/c25-24(26,27)33-21-9-5-4-8-19(21)28-23(32)20-10-11-22(30-29-20)31-14-12-18(13-15-31)16-17-6-2-1-3-7-17/h1-11,18H,12-16H2,(H,28,32). The van der Waals surface area contributed by atoms with Gasteiger partial charge in [-0.25, -0.2) is 0 Å². The van der Waals surface area contributed by atoms with Crippen molar-refractivity contribution in [3.8, 4) is 5.75 Å². The number of anilines is 2. The molecule has 33 heavy (non-hydrogen) atoms. The van der Waals surface area contributed by atoms with Crippen LogP contribution in [0.15, 0.2) is 66.7 Å². The SMILES string of the molecule is O=C(Nc1ccccc1OC(F)(F)F)c1ccc(N2CCC(Cc3ccccc3)CC2)nn1. The number of rotatable bonds is 6. The minimum atomic E-state index is -4.86. The number of nitrogens with zero attached hydrogens (tertiary/aromatic N) is 3. The van der Waals surface area contributed by atoms with Crippen LogP contribution in [0.3, 0.4) is 0 Å². The first-order valence-electron chi connectivity index (χ1n) is 10.7. The number of carbonyl (C=O) groups is 1. The van der Waals surface area contributed by atoms with E-state index in [0.717, 1.165) is 38.4 Å². The Bertz CT molecular complexity index is 1070. The molecule has 1 aliphatic heterocycles. The summed E-state index contributed by atoms with van der Waals surface area (Å²) in [6.45, 7) is 1.69. The van der Waals surface area contributed by atoms with Crippen LogP contribution >= 0.6 is 0 Å². The number of halogens is 3. The summed E-state index contributed by atoms with van der Waals surface area (Å²) < 4.78 is 41.7. The highest BCUT2D eigenvalue weighted by molar-refractivity contribution is 6.03. The number of benzene rings is 2. The second kappa shape index (κ2) is 9.89. The zero-order chi connectivity index (χ0) is 23.3. The van der Waals surface area contributed by atoms with Crippen LogP contribution in [0.5, 0.6) is 5.75 Å². The smallest absolute Gasteiger partial charge is 0.404 e. The Kier molecular flexibility index (Phi) is 6.76.